The van der Waals surface area contributed by atoms with E-state index in [4.69, 9.17) is 4.74 Å². The molecule has 3 rings (SSSR count). The highest BCUT2D eigenvalue weighted by molar-refractivity contribution is 5.81. The van der Waals surface area contributed by atoms with Gasteiger partial charge in [-0.05, 0) is 59.9 Å². The van der Waals surface area contributed by atoms with E-state index in [0.29, 0.717) is 6.42 Å². The maximum atomic E-state index is 12.8. The van der Waals surface area contributed by atoms with E-state index in [9.17, 15) is 4.79 Å². The van der Waals surface area contributed by atoms with Crippen molar-refractivity contribution < 1.29 is 9.53 Å². The zero-order valence-electron chi connectivity index (χ0n) is 16.9. The highest BCUT2D eigenvalue weighted by Gasteiger charge is 2.26. The van der Waals surface area contributed by atoms with Gasteiger partial charge in [0, 0.05) is 0 Å². The van der Waals surface area contributed by atoms with Crippen molar-refractivity contribution >= 4 is 5.91 Å². The fourth-order valence-electron chi connectivity index (χ4n) is 3.69. The molecule has 0 unspecified atom stereocenters. The first-order chi connectivity index (χ1) is 12.9. The lowest BCUT2D eigenvalue weighted by Gasteiger charge is -2.28. The number of hydrogen-bond acceptors (Lipinski definition) is 2. The lowest BCUT2D eigenvalue weighted by Crippen LogP contribution is -2.41. The fourth-order valence-corrected chi connectivity index (χ4v) is 3.69. The second-order valence-electron chi connectivity index (χ2n) is 8.44. The van der Waals surface area contributed by atoms with E-state index >= 15 is 0 Å². The molecule has 3 nitrogen and oxygen atoms in total. The van der Waals surface area contributed by atoms with Crippen LogP contribution in [0.1, 0.15) is 69.7 Å². The monoisotopic (exact) mass is 365 g/mol. The zero-order chi connectivity index (χ0) is 19.4. The van der Waals surface area contributed by atoms with Crippen LogP contribution in [0.25, 0.3) is 0 Å². The molecular weight excluding hydrogens is 334 g/mol. The summed E-state index contributed by atoms with van der Waals surface area (Å²) >= 11 is 0. The SMILES string of the molecule is CC[C@@H](Oc1ccc(C(C)(C)C)cc1)C(=O)N[C@H]1CCCc2ccccc21. The summed E-state index contributed by atoms with van der Waals surface area (Å²) in [5, 5.41) is 3.22. The molecule has 0 saturated carbocycles. The minimum absolute atomic E-state index is 0.0286. The number of amides is 1. The van der Waals surface area contributed by atoms with Crippen molar-refractivity contribution in [2.24, 2.45) is 0 Å². The summed E-state index contributed by atoms with van der Waals surface area (Å²) in [7, 11) is 0. The second-order valence-corrected chi connectivity index (χ2v) is 8.44. The Labute approximate surface area is 163 Å². The molecule has 2 aromatic rings. The van der Waals surface area contributed by atoms with Crippen molar-refractivity contribution in [2.45, 2.75) is 70.9 Å². The van der Waals surface area contributed by atoms with Gasteiger partial charge in [-0.15, -0.1) is 0 Å². The summed E-state index contributed by atoms with van der Waals surface area (Å²) in [6.45, 7) is 8.55. The molecule has 0 saturated heterocycles. The number of aryl methyl sites for hydroxylation is 1. The van der Waals surface area contributed by atoms with Crippen LogP contribution in [0.4, 0.5) is 0 Å². The molecular formula is C24H31NO2. The Morgan fingerprint density at radius 1 is 1.15 bits per heavy atom. The van der Waals surface area contributed by atoms with Gasteiger partial charge in [-0.1, -0.05) is 64.1 Å². The standard InChI is InChI=1S/C24H31NO2/c1-5-22(27-19-15-13-18(14-16-19)24(2,3)4)23(26)25-21-12-8-10-17-9-6-7-11-20(17)21/h6-7,9,11,13-16,21-22H,5,8,10,12H2,1-4H3,(H,25,26)/t21-,22+/m0/s1. The molecule has 0 aromatic heterocycles. The summed E-state index contributed by atoms with van der Waals surface area (Å²) in [5.41, 5.74) is 3.96. The third-order valence-electron chi connectivity index (χ3n) is 5.35. The number of nitrogens with one attached hydrogen (secondary N) is 1. The van der Waals surface area contributed by atoms with Gasteiger partial charge in [0.15, 0.2) is 6.10 Å². The van der Waals surface area contributed by atoms with E-state index in [-0.39, 0.29) is 17.4 Å². The first-order valence-corrected chi connectivity index (χ1v) is 10.0. The van der Waals surface area contributed by atoms with Gasteiger partial charge < -0.3 is 10.1 Å². The van der Waals surface area contributed by atoms with Gasteiger partial charge in [0.05, 0.1) is 6.04 Å². The van der Waals surface area contributed by atoms with Gasteiger partial charge in [-0.2, -0.15) is 0 Å². The fraction of sp³-hybridized carbons (Fsp3) is 0.458. The Hall–Kier alpha value is -2.29. The molecule has 0 heterocycles. The average molecular weight is 366 g/mol. The summed E-state index contributed by atoms with van der Waals surface area (Å²) in [5.74, 6) is 0.716. The Bertz CT molecular complexity index is 774. The van der Waals surface area contributed by atoms with Crippen LogP contribution in [0.3, 0.4) is 0 Å². The van der Waals surface area contributed by atoms with Crippen molar-refractivity contribution in [3.05, 3.63) is 65.2 Å². The van der Waals surface area contributed by atoms with E-state index < -0.39 is 6.10 Å². The normalized spacial score (nSPS) is 17.7. The minimum Gasteiger partial charge on any atom is -0.481 e. The predicted molar refractivity (Wildman–Crippen MR) is 110 cm³/mol. The van der Waals surface area contributed by atoms with Crippen molar-refractivity contribution in [1.82, 2.24) is 5.32 Å². The molecule has 1 N–H and O–H groups in total. The Balaban J connectivity index is 1.67. The number of fused-ring (bicyclic) bond motifs is 1. The molecule has 0 radical (unpaired) electrons. The lowest BCUT2D eigenvalue weighted by molar-refractivity contribution is -0.129. The molecule has 0 spiro atoms. The van der Waals surface area contributed by atoms with Crippen LogP contribution in [-0.4, -0.2) is 12.0 Å². The number of ether oxygens (including phenoxy) is 1. The molecule has 2 aromatic carbocycles. The zero-order valence-corrected chi connectivity index (χ0v) is 16.9. The molecule has 2 atom stereocenters. The van der Waals surface area contributed by atoms with Crippen LogP contribution in [0.5, 0.6) is 5.75 Å². The largest absolute Gasteiger partial charge is 0.481 e. The van der Waals surface area contributed by atoms with Crippen LogP contribution >= 0.6 is 0 Å². The predicted octanol–water partition coefficient (Wildman–Crippen LogP) is 5.34. The second kappa shape index (κ2) is 8.16. The summed E-state index contributed by atoms with van der Waals surface area (Å²) in [4.78, 5) is 12.8. The summed E-state index contributed by atoms with van der Waals surface area (Å²) in [6.07, 6.45) is 3.35. The average Bonchev–Trinajstić information content (AvgIpc) is 2.66. The summed E-state index contributed by atoms with van der Waals surface area (Å²) in [6, 6.07) is 16.6. The Morgan fingerprint density at radius 3 is 2.52 bits per heavy atom. The quantitative estimate of drug-likeness (QED) is 0.777. The van der Waals surface area contributed by atoms with Crippen LogP contribution in [0.15, 0.2) is 48.5 Å². The van der Waals surface area contributed by atoms with E-state index in [0.717, 1.165) is 25.0 Å². The van der Waals surface area contributed by atoms with Gasteiger partial charge in [0.25, 0.3) is 5.91 Å². The molecule has 27 heavy (non-hydrogen) atoms. The van der Waals surface area contributed by atoms with Crippen LogP contribution in [-0.2, 0) is 16.6 Å². The maximum Gasteiger partial charge on any atom is 0.261 e. The van der Waals surface area contributed by atoms with Gasteiger partial charge >= 0.3 is 0 Å². The van der Waals surface area contributed by atoms with Crippen LogP contribution in [0, 0.1) is 0 Å². The number of hydrogen-bond donors (Lipinski definition) is 1. The van der Waals surface area contributed by atoms with E-state index in [1.165, 1.54) is 16.7 Å². The third-order valence-corrected chi connectivity index (χ3v) is 5.35. The molecule has 144 valence electrons. The third kappa shape index (κ3) is 4.71. The molecule has 0 aliphatic heterocycles. The molecule has 0 bridgehead atoms. The maximum absolute atomic E-state index is 12.8. The van der Waals surface area contributed by atoms with Crippen molar-refractivity contribution in [3.63, 3.8) is 0 Å². The molecule has 1 aliphatic carbocycles. The number of carbonyl (C=O) groups excluding carboxylic acids is 1. The smallest absolute Gasteiger partial charge is 0.261 e. The van der Waals surface area contributed by atoms with Crippen molar-refractivity contribution in [3.8, 4) is 5.75 Å². The Kier molecular flexibility index (Phi) is 5.88. The molecule has 0 fully saturated rings. The van der Waals surface area contributed by atoms with Crippen molar-refractivity contribution in [1.29, 1.82) is 0 Å². The van der Waals surface area contributed by atoms with Crippen molar-refractivity contribution in [2.75, 3.05) is 0 Å². The molecule has 3 heteroatoms. The number of rotatable bonds is 5. The van der Waals surface area contributed by atoms with Gasteiger partial charge in [-0.25, -0.2) is 0 Å². The number of benzene rings is 2. The summed E-state index contributed by atoms with van der Waals surface area (Å²) < 4.78 is 6.01. The highest BCUT2D eigenvalue weighted by atomic mass is 16.5. The topological polar surface area (TPSA) is 38.3 Å². The first-order valence-electron chi connectivity index (χ1n) is 10.0. The minimum atomic E-state index is -0.473. The van der Waals surface area contributed by atoms with E-state index in [1.54, 1.807) is 0 Å². The van der Waals surface area contributed by atoms with E-state index in [2.05, 4.69) is 56.4 Å². The molecule has 1 aliphatic rings. The van der Waals surface area contributed by atoms with Crippen LogP contribution in [0.2, 0.25) is 0 Å². The lowest BCUT2D eigenvalue weighted by atomic mass is 9.87. The highest BCUT2D eigenvalue weighted by Crippen LogP contribution is 2.30. The van der Waals surface area contributed by atoms with E-state index in [1.807, 2.05) is 25.1 Å². The van der Waals surface area contributed by atoms with Crippen LogP contribution < -0.4 is 10.1 Å². The van der Waals surface area contributed by atoms with Gasteiger partial charge in [0.1, 0.15) is 5.75 Å². The molecule has 1 amide bonds. The Morgan fingerprint density at radius 2 is 1.85 bits per heavy atom. The van der Waals surface area contributed by atoms with Gasteiger partial charge in [0.2, 0.25) is 0 Å². The first kappa shape index (κ1) is 19.5. The van der Waals surface area contributed by atoms with Gasteiger partial charge in [-0.3, -0.25) is 4.79 Å². The number of carbonyl (C=O) groups is 1.